The Hall–Kier alpha value is -1.20. The van der Waals surface area contributed by atoms with E-state index in [0.717, 1.165) is 16.7 Å². The Morgan fingerprint density at radius 3 is 2.55 bits per heavy atom. The third-order valence-electron chi connectivity index (χ3n) is 4.69. The minimum Gasteiger partial charge on any atom is -0.367 e. The van der Waals surface area contributed by atoms with Gasteiger partial charge in [-0.1, -0.05) is 13.8 Å². The maximum Gasteiger partial charge on any atom is 0.138 e. The fraction of sp³-hybridized carbons (Fsp3) is 0.647. The number of aromatic nitrogens is 2. The Bertz CT molecular complexity index is 627. The van der Waals surface area contributed by atoms with Crippen molar-refractivity contribution in [2.24, 2.45) is 0 Å². The molecule has 0 saturated heterocycles. The number of thiophene rings is 1. The van der Waals surface area contributed by atoms with Crippen LogP contribution in [0.5, 0.6) is 0 Å². The standard InChI is InChI=1S/C17H26N4S/c1-11(2)15-9-14-16(18-10-19-17(14)22-15)20-12-5-7-13(8-6-12)21(3)4/h9-13H,5-8H2,1-4H3,(H,18,19,20)/t12-,13-. The van der Waals surface area contributed by atoms with Crippen LogP contribution in [0.4, 0.5) is 5.82 Å². The number of anilines is 1. The SMILES string of the molecule is CC(C)c1cc2c(N[C@H]3CC[C@H](N(C)C)CC3)ncnc2s1. The van der Waals surface area contributed by atoms with Gasteiger partial charge in [0.05, 0.1) is 5.39 Å². The highest BCUT2D eigenvalue weighted by Gasteiger charge is 2.23. The fourth-order valence-corrected chi connectivity index (χ4v) is 4.20. The first-order chi connectivity index (χ1) is 10.5. The lowest BCUT2D eigenvalue weighted by molar-refractivity contribution is 0.221. The van der Waals surface area contributed by atoms with Crippen LogP contribution in [0.1, 0.15) is 50.3 Å². The molecule has 4 nitrogen and oxygen atoms in total. The topological polar surface area (TPSA) is 41.0 Å². The van der Waals surface area contributed by atoms with Crippen LogP contribution >= 0.6 is 11.3 Å². The molecule has 0 bridgehead atoms. The number of hydrogen-bond acceptors (Lipinski definition) is 5. The number of hydrogen-bond donors (Lipinski definition) is 1. The molecule has 0 amide bonds. The second-order valence-electron chi connectivity index (χ2n) is 6.86. The molecule has 1 aliphatic rings. The summed E-state index contributed by atoms with van der Waals surface area (Å²) < 4.78 is 0. The van der Waals surface area contributed by atoms with Gasteiger partial charge in [0, 0.05) is 17.0 Å². The highest BCUT2D eigenvalue weighted by Crippen LogP contribution is 2.33. The smallest absolute Gasteiger partial charge is 0.138 e. The average Bonchev–Trinajstić information content (AvgIpc) is 2.93. The van der Waals surface area contributed by atoms with E-state index in [2.05, 4.69) is 54.2 Å². The summed E-state index contributed by atoms with van der Waals surface area (Å²) in [6.45, 7) is 4.46. The maximum atomic E-state index is 4.50. The van der Waals surface area contributed by atoms with Gasteiger partial charge in [-0.25, -0.2) is 9.97 Å². The molecule has 1 fully saturated rings. The molecular weight excluding hydrogens is 292 g/mol. The van der Waals surface area contributed by atoms with E-state index in [1.165, 1.54) is 35.9 Å². The number of nitrogens with zero attached hydrogens (tertiary/aromatic N) is 3. The van der Waals surface area contributed by atoms with Crippen molar-refractivity contribution in [3.8, 4) is 0 Å². The van der Waals surface area contributed by atoms with Crippen molar-refractivity contribution in [2.75, 3.05) is 19.4 Å². The summed E-state index contributed by atoms with van der Waals surface area (Å²) in [5, 5.41) is 4.86. The Labute approximate surface area is 137 Å². The van der Waals surface area contributed by atoms with Crippen LogP contribution in [0.3, 0.4) is 0 Å². The van der Waals surface area contributed by atoms with Crippen LogP contribution in [-0.4, -0.2) is 41.0 Å². The van der Waals surface area contributed by atoms with Gasteiger partial charge in [-0.2, -0.15) is 0 Å². The number of fused-ring (bicyclic) bond motifs is 1. The Kier molecular flexibility index (Phi) is 4.64. The van der Waals surface area contributed by atoms with Crippen LogP contribution in [-0.2, 0) is 0 Å². The van der Waals surface area contributed by atoms with Crippen LogP contribution < -0.4 is 5.32 Å². The molecule has 2 aromatic heterocycles. The van der Waals surface area contributed by atoms with Gasteiger partial charge in [0.2, 0.25) is 0 Å². The summed E-state index contributed by atoms with van der Waals surface area (Å²) in [6.07, 6.45) is 6.65. The van der Waals surface area contributed by atoms with Crippen LogP contribution in [0.25, 0.3) is 10.2 Å². The minimum absolute atomic E-state index is 0.539. The lowest BCUT2D eigenvalue weighted by Crippen LogP contribution is -2.36. The van der Waals surface area contributed by atoms with Crippen LogP contribution in [0.15, 0.2) is 12.4 Å². The van der Waals surface area contributed by atoms with E-state index in [4.69, 9.17) is 0 Å². The minimum atomic E-state index is 0.539. The van der Waals surface area contributed by atoms with Crippen molar-refractivity contribution in [1.29, 1.82) is 0 Å². The van der Waals surface area contributed by atoms with Crippen LogP contribution in [0.2, 0.25) is 0 Å². The van der Waals surface area contributed by atoms with Gasteiger partial charge < -0.3 is 10.2 Å². The molecule has 2 aromatic rings. The molecule has 0 unspecified atom stereocenters. The highest BCUT2D eigenvalue weighted by atomic mass is 32.1. The summed E-state index contributed by atoms with van der Waals surface area (Å²) in [5.74, 6) is 1.56. The molecular formula is C17H26N4S. The second-order valence-corrected chi connectivity index (χ2v) is 7.92. The Morgan fingerprint density at radius 1 is 1.18 bits per heavy atom. The molecule has 22 heavy (non-hydrogen) atoms. The van der Waals surface area contributed by atoms with E-state index in [-0.39, 0.29) is 0 Å². The molecule has 120 valence electrons. The van der Waals surface area contributed by atoms with Crippen molar-refractivity contribution in [2.45, 2.75) is 57.5 Å². The average molecular weight is 318 g/mol. The predicted molar refractivity (Wildman–Crippen MR) is 94.9 cm³/mol. The van der Waals surface area contributed by atoms with Gasteiger partial charge in [0.25, 0.3) is 0 Å². The van der Waals surface area contributed by atoms with Crippen molar-refractivity contribution in [1.82, 2.24) is 14.9 Å². The summed E-state index contributed by atoms with van der Waals surface area (Å²) in [6, 6.07) is 3.53. The summed E-state index contributed by atoms with van der Waals surface area (Å²) in [5.41, 5.74) is 0. The fourth-order valence-electron chi connectivity index (χ4n) is 3.20. The predicted octanol–water partition coefficient (Wildman–Crippen LogP) is 4.10. The number of rotatable bonds is 4. The van der Waals surface area contributed by atoms with E-state index in [9.17, 15) is 0 Å². The quantitative estimate of drug-likeness (QED) is 0.921. The summed E-state index contributed by atoms with van der Waals surface area (Å²) in [7, 11) is 4.37. The van der Waals surface area contributed by atoms with Gasteiger partial charge in [-0.3, -0.25) is 0 Å². The molecule has 1 N–H and O–H groups in total. The van der Waals surface area contributed by atoms with Gasteiger partial charge in [-0.05, 0) is 51.8 Å². The zero-order valence-electron chi connectivity index (χ0n) is 14.0. The third kappa shape index (κ3) is 3.25. The second kappa shape index (κ2) is 6.50. The van der Waals surface area contributed by atoms with E-state index in [0.29, 0.717) is 12.0 Å². The zero-order valence-corrected chi connectivity index (χ0v) is 14.8. The Balaban J connectivity index is 1.74. The molecule has 5 heteroatoms. The van der Waals surface area contributed by atoms with Crippen molar-refractivity contribution in [3.05, 3.63) is 17.3 Å². The van der Waals surface area contributed by atoms with Crippen molar-refractivity contribution >= 4 is 27.4 Å². The molecule has 0 spiro atoms. The molecule has 1 aliphatic carbocycles. The molecule has 0 aromatic carbocycles. The largest absolute Gasteiger partial charge is 0.367 e. The molecule has 0 atom stereocenters. The first kappa shape index (κ1) is 15.7. The number of nitrogens with one attached hydrogen (secondary N) is 1. The zero-order chi connectivity index (χ0) is 15.7. The molecule has 3 rings (SSSR count). The van der Waals surface area contributed by atoms with E-state index in [1.807, 2.05) is 0 Å². The first-order valence-corrected chi connectivity index (χ1v) is 9.03. The normalized spacial score (nSPS) is 22.6. The molecule has 0 radical (unpaired) electrons. The third-order valence-corrected chi connectivity index (χ3v) is 6.03. The first-order valence-electron chi connectivity index (χ1n) is 8.22. The van der Waals surface area contributed by atoms with E-state index in [1.54, 1.807) is 17.7 Å². The van der Waals surface area contributed by atoms with E-state index >= 15 is 0 Å². The van der Waals surface area contributed by atoms with Gasteiger partial charge in [0.1, 0.15) is 17.0 Å². The van der Waals surface area contributed by atoms with Crippen molar-refractivity contribution < 1.29 is 0 Å². The Morgan fingerprint density at radius 2 is 1.91 bits per heavy atom. The lowest BCUT2D eigenvalue weighted by atomic mass is 9.90. The van der Waals surface area contributed by atoms with Crippen molar-refractivity contribution in [3.63, 3.8) is 0 Å². The highest BCUT2D eigenvalue weighted by molar-refractivity contribution is 7.18. The van der Waals surface area contributed by atoms with Gasteiger partial charge >= 0.3 is 0 Å². The summed E-state index contributed by atoms with van der Waals surface area (Å²) in [4.78, 5) is 13.8. The maximum absolute atomic E-state index is 4.50. The lowest BCUT2D eigenvalue weighted by Gasteiger charge is -2.33. The molecule has 2 heterocycles. The molecule has 0 aliphatic heterocycles. The van der Waals surface area contributed by atoms with Gasteiger partial charge in [0.15, 0.2) is 0 Å². The monoisotopic (exact) mass is 318 g/mol. The van der Waals surface area contributed by atoms with Gasteiger partial charge in [-0.15, -0.1) is 11.3 Å². The van der Waals surface area contributed by atoms with Crippen LogP contribution in [0, 0.1) is 0 Å². The summed E-state index contributed by atoms with van der Waals surface area (Å²) >= 11 is 1.79. The van der Waals surface area contributed by atoms with E-state index < -0.39 is 0 Å². The molecule has 1 saturated carbocycles.